The van der Waals surface area contributed by atoms with Gasteiger partial charge in [0.05, 0.1) is 13.1 Å². The van der Waals surface area contributed by atoms with E-state index < -0.39 is 12.0 Å². The normalized spacial score (nSPS) is 11.4. The van der Waals surface area contributed by atoms with E-state index in [1.54, 1.807) is 0 Å². The molecule has 0 radical (unpaired) electrons. The van der Waals surface area contributed by atoms with E-state index >= 15 is 0 Å². The van der Waals surface area contributed by atoms with Crippen LogP contribution in [0.4, 0.5) is 0 Å². The highest BCUT2D eigenvalue weighted by Gasteiger charge is 2.12. The molecule has 72 valence electrons. The maximum absolute atomic E-state index is 10.9. The molecular weight excluding hydrogens is 172 g/mol. The van der Waals surface area contributed by atoms with Crippen LogP contribution in [0.2, 0.25) is 0 Å². The summed E-state index contributed by atoms with van der Waals surface area (Å²) in [6.07, 6.45) is 4.93. The van der Waals surface area contributed by atoms with E-state index in [1.165, 1.54) is 6.92 Å². The van der Waals surface area contributed by atoms with Crippen LogP contribution >= 0.6 is 0 Å². The third-order valence-electron chi connectivity index (χ3n) is 1.26. The number of nitrogens with one attached hydrogen (secondary N) is 2. The molecule has 13 heavy (non-hydrogen) atoms. The fraction of sp³-hybridized carbons (Fsp3) is 0.500. The van der Waals surface area contributed by atoms with Gasteiger partial charge in [-0.2, -0.15) is 0 Å². The quantitative estimate of drug-likeness (QED) is 0.370. The summed E-state index contributed by atoms with van der Waals surface area (Å²) in [5.41, 5.74) is 0. The molecule has 0 aromatic carbocycles. The zero-order valence-electron chi connectivity index (χ0n) is 7.33. The number of aliphatic carboxylic acids is 1. The first kappa shape index (κ1) is 11.5. The Balaban J connectivity index is 3.63. The molecule has 0 aliphatic rings. The average molecular weight is 184 g/mol. The Hall–Kier alpha value is -1.54. The minimum absolute atomic E-state index is 0.0296. The van der Waals surface area contributed by atoms with Gasteiger partial charge in [-0.3, -0.25) is 14.9 Å². The topological polar surface area (TPSA) is 78.4 Å². The summed E-state index contributed by atoms with van der Waals surface area (Å²) in [5.74, 6) is 0.843. The van der Waals surface area contributed by atoms with Gasteiger partial charge in [0.25, 0.3) is 0 Å². The van der Waals surface area contributed by atoms with Crippen molar-refractivity contribution in [2.45, 2.75) is 13.0 Å². The highest BCUT2D eigenvalue weighted by Crippen LogP contribution is 1.79. The maximum atomic E-state index is 10.9. The van der Waals surface area contributed by atoms with Crippen LogP contribution in [0.3, 0.4) is 0 Å². The van der Waals surface area contributed by atoms with Crippen molar-refractivity contribution in [1.29, 1.82) is 0 Å². The minimum atomic E-state index is -1.06. The van der Waals surface area contributed by atoms with Crippen molar-refractivity contribution >= 4 is 11.9 Å². The van der Waals surface area contributed by atoms with Crippen LogP contribution in [-0.4, -0.2) is 36.1 Å². The molecule has 0 saturated heterocycles. The lowest BCUT2D eigenvalue weighted by Crippen LogP contribution is -2.42. The van der Waals surface area contributed by atoms with E-state index in [2.05, 4.69) is 16.6 Å². The second-order valence-electron chi connectivity index (χ2n) is 2.44. The Bertz CT molecular complexity index is 232. The Morgan fingerprint density at radius 2 is 2.23 bits per heavy atom. The van der Waals surface area contributed by atoms with Gasteiger partial charge < -0.3 is 10.4 Å². The molecule has 0 bridgehead atoms. The van der Waals surface area contributed by atoms with Crippen LogP contribution in [0, 0.1) is 12.3 Å². The molecule has 0 aliphatic heterocycles. The maximum Gasteiger partial charge on any atom is 0.325 e. The van der Waals surface area contributed by atoms with Gasteiger partial charge in [-0.25, -0.2) is 0 Å². The molecule has 0 aromatic rings. The number of carbonyl (C=O) groups is 2. The van der Waals surface area contributed by atoms with Gasteiger partial charge in [0.1, 0.15) is 6.04 Å². The first-order valence-electron chi connectivity index (χ1n) is 3.74. The highest BCUT2D eigenvalue weighted by atomic mass is 16.4. The van der Waals surface area contributed by atoms with Crippen molar-refractivity contribution in [3.63, 3.8) is 0 Å². The standard InChI is InChI=1S/C8H12N2O3/c1-3-4-9-5-7(11)10-6(2)8(12)13/h1,6,9H,4-5H2,2H3,(H,10,11)(H,12,13)/t6-/m1/s1. The van der Waals surface area contributed by atoms with E-state index in [0.29, 0.717) is 0 Å². The molecule has 0 saturated carbocycles. The smallest absolute Gasteiger partial charge is 0.325 e. The predicted octanol–water partition coefficient (Wildman–Crippen LogP) is -1.20. The highest BCUT2D eigenvalue weighted by molar-refractivity contribution is 5.84. The van der Waals surface area contributed by atoms with Crippen LogP contribution in [0.25, 0.3) is 0 Å². The van der Waals surface area contributed by atoms with E-state index in [9.17, 15) is 9.59 Å². The number of amides is 1. The monoisotopic (exact) mass is 184 g/mol. The summed E-state index contributed by atoms with van der Waals surface area (Å²) in [4.78, 5) is 21.2. The lowest BCUT2D eigenvalue weighted by molar-refractivity contribution is -0.141. The Kier molecular flexibility index (Phi) is 5.32. The molecule has 3 N–H and O–H groups in total. The summed E-state index contributed by atoms with van der Waals surface area (Å²) >= 11 is 0. The largest absolute Gasteiger partial charge is 0.480 e. The molecule has 0 unspecified atom stereocenters. The van der Waals surface area contributed by atoms with Crippen LogP contribution in [0.15, 0.2) is 0 Å². The van der Waals surface area contributed by atoms with E-state index in [0.717, 1.165) is 0 Å². The number of hydrogen-bond donors (Lipinski definition) is 3. The van der Waals surface area contributed by atoms with Crippen molar-refractivity contribution < 1.29 is 14.7 Å². The fourth-order valence-electron chi connectivity index (χ4n) is 0.602. The first-order chi connectivity index (χ1) is 6.07. The van der Waals surface area contributed by atoms with Gasteiger partial charge in [-0.15, -0.1) is 6.42 Å². The molecule has 5 nitrogen and oxygen atoms in total. The summed E-state index contributed by atoms with van der Waals surface area (Å²) < 4.78 is 0. The molecule has 5 heteroatoms. The number of rotatable bonds is 5. The van der Waals surface area contributed by atoms with Gasteiger partial charge in [0.2, 0.25) is 5.91 Å². The molecule has 1 atom stereocenters. The predicted molar refractivity (Wildman–Crippen MR) is 46.9 cm³/mol. The van der Waals surface area contributed by atoms with Gasteiger partial charge in [-0.1, -0.05) is 5.92 Å². The fourth-order valence-corrected chi connectivity index (χ4v) is 0.602. The van der Waals surface area contributed by atoms with Crippen molar-refractivity contribution in [2.75, 3.05) is 13.1 Å². The number of hydrogen-bond acceptors (Lipinski definition) is 3. The molecule has 0 heterocycles. The van der Waals surface area contributed by atoms with Gasteiger partial charge >= 0.3 is 5.97 Å². The molecule has 0 spiro atoms. The van der Waals surface area contributed by atoms with Gasteiger partial charge in [0.15, 0.2) is 0 Å². The zero-order chi connectivity index (χ0) is 10.3. The molecule has 0 fully saturated rings. The van der Waals surface area contributed by atoms with Crippen LogP contribution < -0.4 is 10.6 Å². The molecule has 0 rings (SSSR count). The second-order valence-corrected chi connectivity index (χ2v) is 2.44. The van der Waals surface area contributed by atoms with Crippen molar-refractivity contribution in [3.8, 4) is 12.3 Å². The molecular formula is C8H12N2O3. The Morgan fingerprint density at radius 3 is 2.69 bits per heavy atom. The van der Waals surface area contributed by atoms with Crippen LogP contribution in [-0.2, 0) is 9.59 Å². The average Bonchev–Trinajstić information content (AvgIpc) is 2.04. The summed E-state index contributed by atoms with van der Waals surface area (Å²) in [6.45, 7) is 1.71. The molecule has 1 amide bonds. The second kappa shape index (κ2) is 6.03. The zero-order valence-corrected chi connectivity index (χ0v) is 7.33. The lowest BCUT2D eigenvalue weighted by atomic mass is 10.3. The van der Waals surface area contributed by atoms with Gasteiger partial charge in [0, 0.05) is 0 Å². The SMILES string of the molecule is C#CCNCC(=O)N[C@H](C)C(=O)O. The summed E-state index contributed by atoms with van der Waals surface area (Å²) in [5, 5.41) is 13.3. The lowest BCUT2D eigenvalue weighted by Gasteiger charge is -2.08. The van der Waals surface area contributed by atoms with Crippen molar-refractivity contribution in [2.24, 2.45) is 0 Å². The Morgan fingerprint density at radius 1 is 1.62 bits per heavy atom. The minimum Gasteiger partial charge on any atom is -0.480 e. The van der Waals surface area contributed by atoms with Crippen molar-refractivity contribution in [1.82, 2.24) is 10.6 Å². The first-order valence-corrected chi connectivity index (χ1v) is 3.74. The number of carbonyl (C=O) groups excluding carboxylic acids is 1. The van der Waals surface area contributed by atoms with Crippen molar-refractivity contribution in [3.05, 3.63) is 0 Å². The molecule has 0 aliphatic carbocycles. The summed E-state index contributed by atoms with van der Waals surface area (Å²) in [7, 11) is 0. The van der Waals surface area contributed by atoms with Gasteiger partial charge in [-0.05, 0) is 6.92 Å². The number of terminal acetylenes is 1. The van der Waals surface area contributed by atoms with E-state index in [-0.39, 0.29) is 19.0 Å². The third kappa shape index (κ3) is 5.70. The molecule has 0 aromatic heterocycles. The van der Waals surface area contributed by atoms with E-state index in [4.69, 9.17) is 11.5 Å². The van der Waals surface area contributed by atoms with E-state index in [1.807, 2.05) is 0 Å². The Labute approximate surface area is 76.5 Å². The van der Waals surface area contributed by atoms with Crippen LogP contribution in [0.1, 0.15) is 6.92 Å². The van der Waals surface area contributed by atoms with Crippen LogP contribution in [0.5, 0.6) is 0 Å². The number of carboxylic acids is 1. The summed E-state index contributed by atoms with van der Waals surface area (Å²) in [6, 6.07) is -0.875. The third-order valence-corrected chi connectivity index (χ3v) is 1.26. The number of carboxylic acid groups (broad SMARTS) is 1.